The van der Waals surface area contributed by atoms with E-state index in [1.165, 1.54) is 5.56 Å². The topological polar surface area (TPSA) is 117 Å². The Balaban J connectivity index is 1.40. The highest BCUT2D eigenvalue weighted by atomic mass is 16.2. The number of benzene rings is 2. The molecule has 162 valence electrons. The molecule has 1 aromatic heterocycles. The molecule has 0 aliphatic carbocycles. The second-order valence-electron chi connectivity index (χ2n) is 7.56. The van der Waals surface area contributed by atoms with Gasteiger partial charge in [0, 0.05) is 29.9 Å². The van der Waals surface area contributed by atoms with E-state index >= 15 is 0 Å². The lowest BCUT2D eigenvalue weighted by Crippen LogP contribution is -2.49. The number of carbonyl (C=O) groups excluding carboxylic acids is 3. The molecule has 0 aliphatic heterocycles. The Labute approximate surface area is 181 Å². The fourth-order valence-corrected chi connectivity index (χ4v) is 3.52. The zero-order valence-electron chi connectivity index (χ0n) is 17.4. The third-order valence-corrected chi connectivity index (χ3v) is 5.19. The Bertz CT molecular complexity index is 1030. The molecule has 0 saturated heterocycles. The summed E-state index contributed by atoms with van der Waals surface area (Å²) >= 11 is 0. The number of nitrogens with one attached hydrogen (secondary N) is 3. The van der Waals surface area contributed by atoms with Gasteiger partial charge in [-0.2, -0.15) is 0 Å². The summed E-state index contributed by atoms with van der Waals surface area (Å²) in [5, 5.41) is 6.20. The number of hydrogen-bond acceptors (Lipinski definition) is 3. The summed E-state index contributed by atoms with van der Waals surface area (Å²) < 4.78 is 0. The molecule has 5 N–H and O–H groups in total. The van der Waals surface area contributed by atoms with Crippen LogP contribution in [0.2, 0.25) is 0 Å². The summed E-state index contributed by atoms with van der Waals surface area (Å²) in [5.74, 6) is -1.25. The van der Waals surface area contributed by atoms with Gasteiger partial charge in [-0.3, -0.25) is 14.4 Å². The van der Waals surface area contributed by atoms with Crippen molar-refractivity contribution >= 4 is 28.6 Å². The molecule has 0 radical (unpaired) electrons. The molecule has 7 nitrogen and oxygen atoms in total. The highest BCUT2D eigenvalue weighted by Crippen LogP contribution is 2.19. The van der Waals surface area contributed by atoms with E-state index in [2.05, 4.69) is 27.8 Å². The molecular formula is C24H28N4O3. The number of nitrogens with two attached hydrogens (primary N) is 1. The van der Waals surface area contributed by atoms with Gasteiger partial charge in [0.15, 0.2) is 0 Å². The van der Waals surface area contributed by atoms with E-state index in [1.807, 2.05) is 48.7 Å². The lowest BCUT2D eigenvalue weighted by atomic mass is 10.0. The number of H-pyrrole nitrogens is 1. The number of aromatic amines is 1. The fraction of sp³-hybridized carbons (Fsp3) is 0.292. The first-order chi connectivity index (χ1) is 15.0. The van der Waals surface area contributed by atoms with Crippen molar-refractivity contribution in [3.8, 4) is 0 Å². The van der Waals surface area contributed by atoms with E-state index in [0.717, 1.165) is 35.7 Å². The number of para-hydroxylation sites is 1. The van der Waals surface area contributed by atoms with Crippen molar-refractivity contribution in [2.24, 2.45) is 5.73 Å². The second-order valence-corrected chi connectivity index (χ2v) is 7.56. The number of carbonyl (C=O) groups is 3. The maximum atomic E-state index is 12.2. The molecule has 0 saturated carbocycles. The molecule has 0 unspecified atom stereocenters. The molecule has 3 aromatic rings. The van der Waals surface area contributed by atoms with Gasteiger partial charge in [-0.1, -0.05) is 48.5 Å². The predicted octanol–water partition coefficient (Wildman–Crippen LogP) is 2.21. The molecular weight excluding hydrogens is 392 g/mol. The zero-order valence-corrected chi connectivity index (χ0v) is 17.4. The number of hydrogen-bond donors (Lipinski definition) is 4. The van der Waals surface area contributed by atoms with Crippen LogP contribution in [0, 0.1) is 0 Å². The first-order valence-electron chi connectivity index (χ1n) is 10.5. The monoisotopic (exact) mass is 420 g/mol. The lowest BCUT2D eigenvalue weighted by molar-refractivity contribution is -0.128. The van der Waals surface area contributed by atoms with Crippen molar-refractivity contribution in [2.45, 2.75) is 38.1 Å². The van der Waals surface area contributed by atoms with Crippen LogP contribution in [0.3, 0.4) is 0 Å². The molecule has 0 spiro atoms. The normalized spacial score (nSPS) is 11.7. The first-order valence-corrected chi connectivity index (χ1v) is 10.5. The highest BCUT2D eigenvalue weighted by Gasteiger charge is 2.20. The summed E-state index contributed by atoms with van der Waals surface area (Å²) in [6.45, 7) is -0.185. The lowest BCUT2D eigenvalue weighted by Gasteiger charge is -2.15. The van der Waals surface area contributed by atoms with E-state index in [4.69, 9.17) is 5.73 Å². The number of fused-ring (bicyclic) bond motifs is 1. The van der Waals surface area contributed by atoms with Gasteiger partial charge < -0.3 is 21.4 Å². The van der Waals surface area contributed by atoms with Gasteiger partial charge in [0.1, 0.15) is 6.04 Å². The summed E-state index contributed by atoms with van der Waals surface area (Å²) in [6, 6.07) is 17.0. The maximum absolute atomic E-state index is 12.2. The van der Waals surface area contributed by atoms with Gasteiger partial charge in [0.25, 0.3) is 0 Å². The van der Waals surface area contributed by atoms with Crippen LogP contribution in [-0.2, 0) is 27.2 Å². The predicted molar refractivity (Wildman–Crippen MR) is 120 cm³/mol. The van der Waals surface area contributed by atoms with Crippen LogP contribution in [0.1, 0.15) is 30.4 Å². The minimum Gasteiger partial charge on any atom is -0.368 e. The molecule has 31 heavy (non-hydrogen) atoms. The standard InChI is InChI=1S/C24H28N4O3/c25-24(31)21(14-18-15-26-20-12-6-5-11-19(18)20)28-23(30)16-27-22(29)13-7-4-10-17-8-2-1-3-9-17/h1-3,5-6,8-9,11-12,15,21,26H,4,7,10,13-14,16H2,(H2,25,31)(H,27,29)(H,28,30)/t21-/m0/s1. The smallest absolute Gasteiger partial charge is 0.240 e. The molecule has 3 rings (SSSR count). The summed E-state index contributed by atoms with van der Waals surface area (Å²) in [4.78, 5) is 39.2. The van der Waals surface area contributed by atoms with Crippen LogP contribution < -0.4 is 16.4 Å². The number of rotatable bonds is 11. The van der Waals surface area contributed by atoms with Gasteiger partial charge in [0.05, 0.1) is 6.54 Å². The molecule has 7 heteroatoms. The largest absolute Gasteiger partial charge is 0.368 e. The third kappa shape index (κ3) is 6.70. The van der Waals surface area contributed by atoms with Crippen molar-refractivity contribution in [3.63, 3.8) is 0 Å². The van der Waals surface area contributed by atoms with Gasteiger partial charge in [0.2, 0.25) is 17.7 Å². The van der Waals surface area contributed by atoms with Gasteiger partial charge in [-0.05, 0) is 36.5 Å². The van der Waals surface area contributed by atoms with E-state index in [9.17, 15) is 14.4 Å². The van der Waals surface area contributed by atoms with E-state index in [-0.39, 0.29) is 18.9 Å². The van der Waals surface area contributed by atoms with E-state index in [0.29, 0.717) is 6.42 Å². The average Bonchev–Trinajstić information content (AvgIpc) is 3.18. The van der Waals surface area contributed by atoms with Crippen LogP contribution >= 0.6 is 0 Å². The van der Waals surface area contributed by atoms with E-state index in [1.54, 1.807) is 0 Å². The average molecular weight is 421 g/mol. The molecule has 0 bridgehead atoms. The van der Waals surface area contributed by atoms with E-state index < -0.39 is 17.9 Å². The summed E-state index contributed by atoms with van der Waals surface area (Å²) in [6.07, 6.45) is 5.00. The van der Waals surface area contributed by atoms with Crippen molar-refractivity contribution < 1.29 is 14.4 Å². The Kier molecular flexibility index (Phi) is 7.81. The van der Waals surface area contributed by atoms with Gasteiger partial charge in [-0.15, -0.1) is 0 Å². The van der Waals surface area contributed by atoms with Gasteiger partial charge in [-0.25, -0.2) is 0 Å². The molecule has 2 aromatic carbocycles. The van der Waals surface area contributed by atoms with Crippen LogP contribution in [0.25, 0.3) is 10.9 Å². The number of amides is 3. The Morgan fingerprint density at radius 3 is 2.45 bits per heavy atom. The minimum atomic E-state index is -0.852. The Morgan fingerprint density at radius 1 is 0.935 bits per heavy atom. The molecule has 1 heterocycles. The fourth-order valence-electron chi connectivity index (χ4n) is 3.52. The molecule has 3 amide bonds. The Hall–Kier alpha value is -3.61. The number of aromatic nitrogens is 1. The first kappa shape index (κ1) is 22.1. The third-order valence-electron chi connectivity index (χ3n) is 5.19. The van der Waals surface area contributed by atoms with Gasteiger partial charge >= 0.3 is 0 Å². The summed E-state index contributed by atoms with van der Waals surface area (Å²) in [7, 11) is 0. The van der Waals surface area contributed by atoms with Crippen LogP contribution in [0.4, 0.5) is 0 Å². The number of aryl methyl sites for hydroxylation is 1. The molecule has 0 aliphatic rings. The minimum absolute atomic E-state index is 0.185. The zero-order chi connectivity index (χ0) is 22.1. The highest BCUT2D eigenvalue weighted by molar-refractivity contribution is 5.90. The Morgan fingerprint density at radius 2 is 1.68 bits per heavy atom. The number of unbranched alkanes of at least 4 members (excludes halogenated alkanes) is 1. The van der Waals surface area contributed by atoms with Crippen molar-refractivity contribution in [3.05, 3.63) is 71.9 Å². The van der Waals surface area contributed by atoms with Crippen molar-refractivity contribution in [1.29, 1.82) is 0 Å². The SMILES string of the molecule is NC(=O)[C@H](Cc1c[nH]c2ccccc12)NC(=O)CNC(=O)CCCCc1ccccc1. The quantitative estimate of drug-likeness (QED) is 0.356. The maximum Gasteiger partial charge on any atom is 0.240 e. The van der Waals surface area contributed by atoms with Crippen LogP contribution in [0.15, 0.2) is 60.8 Å². The molecule has 0 fully saturated rings. The van der Waals surface area contributed by atoms with Crippen molar-refractivity contribution in [2.75, 3.05) is 6.54 Å². The summed E-state index contributed by atoms with van der Waals surface area (Å²) in [5.41, 5.74) is 8.57. The number of primary amides is 1. The van der Waals surface area contributed by atoms with Crippen molar-refractivity contribution in [1.82, 2.24) is 15.6 Å². The van der Waals surface area contributed by atoms with Crippen LogP contribution in [-0.4, -0.2) is 35.3 Å². The van der Waals surface area contributed by atoms with Crippen LogP contribution in [0.5, 0.6) is 0 Å². The molecule has 1 atom stereocenters. The second kappa shape index (κ2) is 11.0.